The molecule has 1 amide bonds. The van der Waals surface area contributed by atoms with Crippen LogP contribution in [0.3, 0.4) is 0 Å². The molecule has 1 aromatic rings. The van der Waals surface area contributed by atoms with Crippen molar-refractivity contribution in [3.8, 4) is 0 Å². The average molecular weight is 301 g/mol. The zero-order valence-corrected chi connectivity index (χ0v) is 12.2. The molecule has 19 heavy (non-hydrogen) atoms. The Kier molecular flexibility index (Phi) is 3.61. The van der Waals surface area contributed by atoms with Crippen molar-refractivity contribution in [1.29, 1.82) is 0 Å². The number of carbonyl (C=O) groups excluding carboxylic acids is 1. The number of aromatic nitrogens is 1. The number of anilines is 1. The number of fused-ring (bicyclic) bond motifs is 3. The van der Waals surface area contributed by atoms with Gasteiger partial charge < -0.3 is 9.47 Å². The highest BCUT2D eigenvalue weighted by Gasteiger charge is 2.38. The minimum absolute atomic E-state index is 0.111. The standard InChI is InChI=1S/C12H14ClN2O3P/c1-19-15-11-9(4-7(13)5-14-11)8-2-3-17-6-10(8)18-12(15)16/h4-5,8,10,19H,2-3,6H2,1H3. The molecule has 3 atom stereocenters. The second kappa shape index (κ2) is 5.23. The van der Waals surface area contributed by atoms with Gasteiger partial charge in [-0.05, 0) is 27.9 Å². The molecule has 1 fully saturated rings. The third-order valence-electron chi connectivity index (χ3n) is 3.44. The maximum absolute atomic E-state index is 12.1. The van der Waals surface area contributed by atoms with Crippen LogP contribution >= 0.6 is 20.3 Å². The van der Waals surface area contributed by atoms with E-state index < -0.39 is 0 Å². The SMILES string of the molecule is CPN1C(=O)OC2COCCC2c2cc(Cl)cnc21. The Hall–Kier alpha value is -0.900. The maximum atomic E-state index is 12.1. The molecule has 0 bridgehead atoms. The lowest BCUT2D eigenvalue weighted by molar-refractivity contribution is -0.0251. The predicted octanol–water partition coefficient (Wildman–Crippen LogP) is 2.79. The van der Waals surface area contributed by atoms with E-state index in [2.05, 4.69) is 4.98 Å². The summed E-state index contributed by atoms with van der Waals surface area (Å²) in [5.41, 5.74) is 0.987. The van der Waals surface area contributed by atoms with Crippen molar-refractivity contribution < 1.29 is 14.3 Å². The van der Waals surface area contributed by atoms with Gasteiger partial charge in [0, 0.05) is 24.3 Å². The summed E-state index contributed by atoms with van der Waals surface area (Å²) in [7, 11) is 0.262. The first kappa shape index (κ1) is 13.1. The molecule has 2 aliphatic heterocycles. The Labute approximate surface area is 118 Å². The minimum Gasteiger partial charge on any atom is -0.443 e. The Bertz CT molecular complexity index is 514. The average Bonchev–Trinajstić information content (AvgIpc) is 2.52. The molecular weight excluding hydrogens is 287 g/mol. The highest BCUT2D eigenvalue weighted by molar-refractivity contribution is 7.40. The number of rotatable bonds is 1. The van der Waals surface area contributed by atoms with Crippen LogP contribution in [-0.2, 0) is 9.47 Å². The summed E-state index contributed by atoms with van der Waals surface area (Å²) < 4.78 is 12.5. The van der Waals surface area contributed by atoms with Crippen molar-refractivity contribution >= 4 is 32.2 Å². The monoisotopic (exact) mass is 300 g/mol. The molecule has 0 aliphatic carbocycles. The molecule has 0 aromatic carbocycles. The van der Waals surface area contributed by atoms with Gasteiger partial charge in [0.1, 0.15) is 11.9 Å². The number of hydrogen-bond donors (Lipinski definition) is 0. The molecule has 0 spiro atoms. The number of halogens is 1. The smallest absolute Gasteiger partial charge is 0.419 e. The summed E-state index contributed by atoms with van der Waals surface area (Å²) in [6.07, 6.45) is 1.78. The molecule has 102 valence electrons. The number of amides is 1. The molecular formula is C12H14ClN2O3P. The van der Waals surface area contributed by atoms with Crippen LogP contribution in [0.5, 0.6) is 0 Å². The molecule has 1 aromatic heterocycles. The van der Waals surface area contributed by atoms with E-state index in [-0.39, 0.29) is 26.8 Å². The Morgan fingerprint density at radius 2 is 2.42 bits per heavy atom. The highest BCUT2D eigenvalue weighted by Crippen LogP contribution is 2.41. The van der Waals surface area contributed by atoms with Gasteiger partial charge in [0.05, 0.1) is 11.6 Å². The first-order valence-corrected chi connectivity index (χ1v) is 7.94. The Morgan fingerprint density at radius 1 is 1.58 bits per heavy atom. The van der Waals surface area contributed by atoms with E-state index >= 15 is 0 Å². The van der Waals surface area contributed by atoms with E-state index in [0.717, 1.165) is 12.0 Å². The zero-order chi connectivity index (χ0) is 13.4. The molecule has 0 saturated carbocycles. The second-order valence-electron chi connectivity index (χ2n) is 4.52. The van der Waals surface area contributed by atoms with Gasteiger partial charge in [0.25, 0.3) is 0 Å². The molecule has 1 saturated heterocycles. The van der Waals surface area contributed by atoms with Gasteiger partial charge in [0.15, 0.2) is 0 Å². The summed E-state index contributed by atoms with van der Waals surface area (Å²) in [5, 5.41) is 0.581. The third kappa shape index (κ3) is 2.31. The van der Waals surface area contributed by atoms with Crippen LogP contribution in [0.15, 0.2) is 12.3 Å². The van der Waals surface area contributed by atoms with E-state index in [1.54, 1.807) is 10.9 Å². The predicted molar refractivity (Wildman–Crippen MR) is 74.4 cm³/mol. The van der Waals surface area contributed by atoms with E-state index in [4.69, 9.17) is 21.1 Å². The van der Waals surface area contributed by atoms with Crippen LogP contribution in [0.2, 0.25) is 5.02 Å². The number of hydrogen-bond acceptors (Lipinski definition) is 4. The quantitative estimate of drug-likeness (QED) is 0.748. The summed E-state index contributed by atoms with van der Waals surface area (Å²) in [4.78, 5) is 16.5. The fraction of sp³-hybridized carbons (Fsp3) is 0.500. The van der Waals surface area contributed by atoms with E-state index in [9.17, 15) is 4.79 Å². The Morgan fingerprint density at radius 3 is 3.21 bits per heavy atom. The first-order chi connectivity index (χ1) is 9.20. The second-order valence-corrected chi connectivity index (χ2v) is 5.85. The molecule has 0 N–H and O–H groups in total. The van der Waals surface area contributed by atoms with Crippen LogP contribution in [0, 0.1) is 0 Å². The number of ether oxygens (including phenoxy) is 2. The van der Waals surface area contributed by atoms with Crippen LogP contribution in [0.25, 0.3) is 0 Å². The number of carbonyl (C=O) groups is 1. The molecule has 3 rings (SSSR count). The summed E-state index contributed by atoms with van der Waals surface area (Å²) >= 11 is 6.05. The van der Waals surface area contributed by atoms with Crippen LogP contribution in [0.1, 0.15) is 17.9 Å². The summed E-state index contributed by atoms with van der Waals surface area (Å²) in [6.45, 7) is 3.02. The minimum atomic E-state index is -0.352. The molecule has 3 unspecified atom stereocenters. The summed E-state index contributed by atoms with van der Waals surface area (Å²) in [5.74, 6) is 0.782. The van der Waals surface area contributed by atoms with Crippen LogP contribution in [-0.4, -0.2) is 37.1 Å². The number of pyridine rings is 1. The van der Waals surface area contributed by atoms with E-state index in [1.165, 1.54) is 0 Å². The van der Waals surface area contributed by atoms with Crippen LogP contribution < -0.4 is 4.67 Å². The topological polar surface area (TPSA) is 51.7 Å². The third-order valence-corrected chi connectivity index (χ3v) is 4.48. The molecule has 0 radical (unpaired) electrons. The molecule has 3 heterocycles. The molecule has 5 nitrogen and oxygen atoms in total. The van der Waals surface area contributed by atoms with Gasteiger partial charge in [0.2, 0.25) is 0 Å². The fourth-order valence-corrected chi connectivity index (χ4v) is 3.36. The molecule has 2 aliphatic rings. The zero-order valence-electron chi connectivity index (χ0n) is 10.4. The van der Waals surface area contributed by atoms with Gasteiger partial charge in [-0.2, -0.15) is 0 Å². The van der Waals surface area contributed by atoms with Crippen molar-refractivity contribution in [3.63, 3.8) is 0 Å². The van der Waals surface area contributed by atoms with Gasteiger partial charge in [-0.1, -0.05) is 11.6 Å². The lowest BCUT2D eigenvalue weighted by atomic mass is 9.90. The molecule has 7 heteroatoms. The van der Waals surface area contributed by atoms with Gasteiger partial charge in [-0.25, -0.2) is 14.4 Å². The van der Waals surface area contributed by atoms with E-state index in [1.807, 2.05) is 12.7 Å². The van der Waals surface area contributed by atoms with Gasteiger partial charge >= 0.3 is 6.09 Å². The van der Waals surface area contributed by atoms with Crippen molar-refractivity contribution in [1.82, 2.24) is 4.98 Å². The van der Waals surface area contributed by atoms with Crippen LogP contribution in [0.4, 0.5) is 10.6 Å². The fourth-order valence-electron chi connectivity index (χ4n) is 2.56. The lowest BCUT2D eigenvalue weighted by Gasteiger charge is -2.29. The van der Waals surface area contributed by atoms with Crippen molar-refractivity contribution in [3.05, 3.63) is 22.8 Å². The maximum Gasteiger partial charge on any atom is 0.419 e. The highest BCUT2D eigenvalue weighted by atomic mass is 35.5. The number of nitrogens with zero attached hydrogens (tertiary/aromatic N) is 2. The van der Waals surface area contributed by atoms with Gasteiger partial charge in [-0.15, -0.1) is 0 Å². The summed E-state index contributed by atoms with van der Waals surface area (Å²) in [6, 6.07) is 1.89. The van der Waals surface area contributed by atoms with E-state index in [0.29, 0.717) is 24.1 Å². The first-order valence-electron chi connectivity index (χ1n) is 6.12. The Balaban J connectivity index is 2.12. The van der Waals surface area contributed by atoms with Crippen molar-refractivity contribution in [2.75, 3.05) is 24.5 Å². The van der Waals surface area contributed by atoms with Crippen molar-refractivity contribution in [2.45, 2.75) is 18.4 Å². The van der Waals surface area contributed by atoms with Crippen molar-refractivity contribution in [2.24, 2.45) is 0 Å². The lowest BCUT2D eigenvalue weighted by Crippen LogP contribution is -2.34. The van der Waals surface area contributed by atoms with Gasteiger partial charge in [-0.3, -0.25) is 0 Å². The largest absolute Gasteiger partial charge is 0.443 e. The normalized spacial score (nSPS) is 26.8.